The lowest BCUT2D eigenvalue weighted by Crippen LogP contribution is -2.62. The molecule has 2 amide bonds. The van der Waals surface area contributed by atoms with Crippen molar-refractivity contribution in [1.82, 2.24) is 25.3 Å². The molecule has 1 aliphatic heterocycles. The smallest absolute Gasteiger partial charge is 0.251 e. The Labute approximate surface area is 368 Å². The molecule has 14 nitrogen and oxygen atoms in total. The van der Waals surface area contributed by atoms with Crippen LogP contribution >= 0.6 is 0 Å². The molecular formula is C47H68N6O8S. The number of carbonyl (C=O) groups is 2. The Kier molecular flexibility index (Phi) is 15.1. The summed E-state index contributed by atoms with van der Waals surface area (Å²) >= 11 is 0. The first-order valence-corrected chi connectivity index (χ1v) is 23.7. The van der Waals surface area contributed by atoms with Crippen LogP contribution in [0, 0.1) is 29.1 Å². The van der Waals surface area contributed by atoms with Gasteiger partial charge in [0, 0.05) is 67.1 Å². The predicted octanol–water partition coefficient (Wildman–Crippen LogP) is 3.91. The average molecular weight is 877 g/mol. The summed E-state index contributed by atoms with van der Waals surface area (Å²) in [6.07, 6.45) is 2.07. The number of hydrogen-bond donors (Lipinski definition) is 5. The second-order valence-electron chi connectivity index (χ2n) is 18.7. The fourth-order valence-corrected chi connectivity index (χ4v) is 10.7. The van der Waals surface area contributed by atoms with E-state index in [4.69, 9.17) is 9.57 Å². The summed E-state index contributed by atoms with van der Waals surface area (Å²) < 4.78 is 32.5. The monoisotopic (exact) mass is 876 g/mol. The van der Waals surface area contributed by atoms with Crippen LogP contribution in [-0.4, -0.2) is 131 Å². The molecule has 1 saturated heterocycles. The minimum atomic E-state index is -3.41. The molecular weight excluding hydrogens is 809 g/mol. The summed E-state index contributed by atoms with van der Waals surface area (Å²) in [5.74, 6) is 0.662. The number of likely N-dealkylation sites (N-methyl/N-ethyl adjacent to an activating group) is 2. The number of aliphatic hydroxyl groups excluding tert-OH is 2. The van der Waals surface area contributed by atoms with Crippen molar-refractivity contribution in [3.8, 4) is 16.9 Å². The van der Waals surface area contributed by atoms with Crippen LogP contribution in [0.1, 0.15) is 62.0 Å². The summed E-state index contributed by atoms with van der Waals surface area (Å²) in [5, 5.41) is 29.7. The Morgan fingerprint density at radius 3 is 2.39 bits per heavy atom. The number of carbonyl (C=O) groups excluding carboxylic acids is 2. The maximum atomic E-state index is 14.4. The molecule has 4 aliphatic rings. The van der Waals surface area contributed by atoms with Gasteiger partial charge in [-0.15, -0.1) is 0 Å². The van der Waals surface area contributed by atoms with Crippen molar-refractivity contribution in [3.05, 3.63) is 83.4 Å². The van der Waals surface area contributed by atoms with Gasteiger partial charge in [0.1, 0.15) is 17.9 Å². The highest BCUT2D eigenvalue weighted by Crippen LogP contribution is 2.61. The number of methoxy groups -OCH3 is 1. The van der Waals surface area contributed by atoms with Gasteiger partial charge >= 0.3 is 0 Å². The highest BCUT2D eigenvalue weighted by Gasteiger charge is 2.57. The third-order valence-electron chi connectivity index (χ3n) is 13.7. The van der Waals surface area contributed by atoms with Crippen molar-refractivity contribution in [3.63, 3.8) is 0 Å². The van der Waals surface area contributed by atoms with Crippen LogP contribution in [0.3, 0.4) is 0 Å². The van der Waals surface area contributed by atoms with Gasteiger partial charge in [0.25, 0.3) is 5.91 Å². The normalized spacial score (nSPS) is 25.5. The number of nitrogens with zero attached hydrogens (tertiary/aromatic N) is 3. The molecule has 1 heterocycles. The molecule has 7 rings (SSSR count). The topological polar surface area (TPSA) is 173 Å². The first-order chi connectivity index (χ1) is 29.3. The number of anilines is 1. The minimum Gasteiger partial charge on any atom is -0.496 e. The number of nitrogens with one attached hydrogen (secondary N) is 3. The van der Waals surface area contributed by atoms with Crippen molar-refractivity contribution in [2.45, 2.75) is 83.8 Å². The van der Waals surface area contributed by atoms with Crippen LogP contribution < -0.4 is 25.0 Å². The molecule has 2 bridgehead atoms. The first kappa shape index (κ1) is 47.4. The summed E-state index contributed by atoms with van der Waals surface area (Å²) in [4.78, 5) is 38.9. The molecule has 3 aromatic carbocycles. The molecule has 1 unspecified atom stereocenters. The number of para-hydroxylation sites is 1. The van der Waals surface area contributed by atoms with Gasteiger partial charge in [-0.1, -0.05) is 69.3 Å². The van der Waals surface area contributed by atoms with Crippen molar-refractivity contribution in [2.24, 2.45) is 29.1 Å². The van der Waals surface area contributed by atoms with E-state index < -0.39 is 34.2 Å². The lowest BCUT2D eigenvalue weighted by Gasteiger charge is -2.62. The number of sulfonamides is 1. The lowest BCUT2D eigenvalue weighted by molar-refractivity contribution is -0.183. The van der Waals surface area contributed by atoms with Crippen molar-refractivity contribution >= 4 is 27.5 Å². The molecule has 0 radical (unpaired) electrons. The summed E-state index contributed by atoms with van der Waals surface area (Å²) in [7, 11) is 3.93. The Morgan fingerprint density at radius 2 is 1.77 bits per heavy atom. The van der Waals surface area contributed by atoms with E-state index >= 15 is 0 Å². The van der Waals surface area contributed by atoms with E-state index in [2.05, 4.69) is 36.1 Å². The molecule has 3 aliphatic carbocycles. The SMILES string of the molecule is COc1c(CN2O[C@@H](CO)[C@@H]([C@H](C)O)[C@H]2C(=O)NC2C[C@H]3C[C@@H]([C@@H]2C)C3(C)C)cccc1-c1cc(C(=O)N[C@@H](Cc2ccccc2)CN(C)C)cc(N(C)CCNS(C)(=O)=O)c1. The van der Waals surface area contributed by atoms with Gasteiger partial charge < -0.3 is 35.4 Å². The number of amides is 2. The fraction of sp³-hybridized carbons (Fsp3) is 0.574. The van der Waals surface area contributed by atoms with Crippen LogP contribution in [-0.2, 0) is 32.6 Å². The number of rotatable bonds is 19. The van der Waals surface area contributed by atoms with Crippen LogP contribution in [0.25, 0.3) is 11.1 Å². The quantitative estimate of drug-likeness (QED) is 0.118. The van der Waals surface area contributed by atoms with E-state index in [1.54, 1.807) is 25.2 Å². The molecule has 3 saturated carbocycles. The average Bonchev–Trinajstić information content (AvgIpc) is 3.59. The summed E-state index contributed by atoms with van der Waals surface area (Å²) in [5.41, 5.74) is 4.50. The third kappa shape index (κ3) is 10.8. The van der Waals surface area contributed by atoms with E-state index in [1.807, 2.05) is 91.6 Å². The van der Waals surface area contributed by atoms with E-state index in [0.29, 0.717) is 71.0 Å². The Hall–Kier alpha value is -4.09. The fourth-order valence-electron chi connectivity index (χ4n) is 10.2. The van der Waals surface area contributed by atoms with Gasteiger partial charge in [0.15, 0.2) is 0 Å². The van der Waals surface area contributed by atoms with Gasteiger partial charge in [0.05, 0.1) is 32.6 Å². The van der Waals surface area contributed by atoms with Gasteiger partial charge in [-0.25, -0.2) is 13.1 Å². The van der Waals surface area contributed by atoms with Gasteiger partial charge in [-0.2, -0.15) is 5.06 Å². The first-order valence-electron chi connectivity index (χ1n) is 21.8. The van der Waals surface area contributed by atoms with Gasteiger partial charge in [0.2, 0.25) is 15.9 Å². The van der Waals surface area contributed by atoms with Crippen LogP contribution in [0.5, 0.6) is 5.75 Å². The largest absolute Gasteiger partial charge is 0.496 e. The Bertz CT molecular complexity index is 2140. The zero-order valence-electron chi connectivity index (χ0n) is 37.8. The lowest BCUT2D eigenvalue weighted by atomic mass is 9.45. The van der Waals surface area contributed by atoms with E-state index in [9.17, 15) is 28.2 Å². The molecule has 3 aromatic rings. The standard InChI is InChI=1S/C47H68N6O8S/c1-29-39-24-35(47(39,3)4)25-40(29)50-46(57)43-42(30(2)55)41(28-54)61-53(43)26-32-16-13-17-38(44(32)60-8)33-21-34(23-37(22-33)52(7)19-18-48-62(9,58)59)45(56)49-36(27-51(5)6)20-31-14-11-10-12-15-31/h10-17,21-23,29-30,35-36,39-43,48,54-55H,18-20,24-28H2,1-9H3,(H,49,56)(H,50,57)/t29-,30-,35+,36-,39-,40?,41-,42+,43-/m0/s1. The highest BCUT2D eigenvalue weighted by atomic mass is 32.2. The molecule has 5 N–H and O–H groups in total. The van der Waals surface area contributed by atoms with Crippen molar-refractivity contribution < 1.29 is 37.8 Å². The summed E-state index contributed by atoms with van der Waals surface area (Å²) in [6, 6.07) is 20.2. The summed E-state index contributed by atoms with van der Waals surface area (Å²) in [6.45, 7) is 9.32. The molecule has 62 heavy (non-hydrogen) atoms. The molecule has 4 fully saturated rings. The van der Waals surface area contributed by atoms with E-state index in [1.165, 1.54) is 6.42 Å². The molecule has 0 spiro atoms. The molecule has 0 aromatic heterocycles. The zero-order valence-corrected chi connectivity index (χ0v) is 38.6. The van der Waals surface area contributed by atoms with E-state index in [-0.39, 0.29) is 49.0 Å². The van der Waals surface area contributed by atoms with E-state index in [0.717, 1.165) is 18.2 Å². The maximum Gasteiger partial charge on any atom is 0.251 e. The number of fused-ring (bicyclic) bond motifs is 2. The van der Waals surface area contributed by atoms with Crippen LogP contribution in [0.15, 0.2) is 66.7 Å². The minimum absolute atomic E-state index is 0.00252. The van der Waals surface area contributed by atoms with Crippen LogP contribution in [0.2, 0.25) is 0 Å². The predicted molar refractivity (Wildman–Crippen MR) is 242 cm³/mol. The molecule has 15 heteroatoms. The second kappa shape index (κ2) is 19.7. The highest BCUT2D eigenvalue weighted by molar-refractivity contribution is 7.88. The Morgan fingerprint density at radius 1 is 1.05 bits per heavy atom. The van der Waals surface area contributed by atoms with Crippen LogP contribution in [0.4, 0.5) is 5.69 Å². The number of benzene rings is 3. The van der Waals surface area contributed by atoms with Gasteiger partial charge in [-0.05, 0) is 92.8 Å². The number of ether oxygens (including phenoxy) is 1. The second-order valence-corrected chi connectivity index (χ2v) is 20.5. The van der Waals surface area contributed by atoms with Crippen molar-refractivity contribution in [1.29, 1.82) is 0 Å². The molecule has 340 valence electrons. The maximum absolute atomic E-state index is 14.4. The van der Waals surface area contributed by atoms with Crippen molar-refractivity contribution in [2.75, 3.05) is 65.6 Å². The van der Waals surface area contributed by atoms with Gasteiger partial charge in [-0.3, -0.25) is 14.4 Å². The third-order valence-corrected chi connectivity index (χ3v) is 14.4. The number of hydrogen-bond acceptors (Lipinski definition) is 11. The molecule has 9 atom stereocenters. The number of aliphatic hydroxyl groups is 2. The number of hydroxylamine groups is 2. The Balaban J connectivity index is 1.32. The zero-order chi connectivity index (χ0) is 45.1.